The van der Waals surface area contributed by atoms with E-state index < -0.39 is 17.4 Å². The lowest BCUT2D eigenvalue weighted by Crippen LogP contribution is -2.57. The van der Waals surface area contributed by atoms with E-state index in [2.05, 4.69) is 4.90 Å². The van der Waals surface area contributed by atoms with Crippen molar-refractivity contribution < 1.29 is 19.1 Å². The number of ether oxygens (including phenoxy) is 2. The second-order valence-electron chi connectivity index (χ2n) is 7.14. The van der Waals surface area contributed by atoms with Gasteiger partial charge < -0.3 is 14.4 Å². The normalized spacial score (nSPS) is 22.1. The monoisotopic (exact) mass is 379 g/mol. The van der Waals surface area contributed by atoms with Gasteiger partial charge in [0.2, 0.25) is 0 Å². The maximum atomic E-state index is 12.9. The molecule has 0 bridgehead atoms. The van der Waals surface area contributed by atoms with E-state index in [1.807, 2.05) is 18.2 Å². The zero-order valence-corrected chi connectivity index (χ0v) is 16.2. The van der Waals surface area contributed by atoms with Crippen LogP contribution in [0.15, 0.2) is 18.2 Å². The number of anilines is 1. The predicted octanol–water partition coefficient (Wildman–Crippen LogP) is 3.76. The summed E-state index contributed by atoms with van der Waals surface area (Å²) in [5.41, 5.74) is 0.820. The molecule has 1 saturated heterocycles. The van der Waals surface area contributed by atoms with Gasteiger partial charge in [0.15, 0.2) is 5.41 Å². The Morgan fingerprint density at radius 2 is 1.81 bits per heavy atom. The summed E-state index contributed by atoms with van der Waals surface area (Å²) in [5.74, 6) is -1.00. The molecule has 26 heavy (non-hydrogen) atoms. The van der Waals surface area contributed by atoms with Crippen molar-refractivity contribution in [1.29, 1.82) is 0 Å². The Morgan fingerprint density at radius 1 is 1.12 bits per heavy atom. The van der Waals surface area contributed by atoms with E-state index in [0.29, 0.717) is 17.9 Å². The number of esters is 2. The Kier molecular flexibility index (Phi) is 5.76. The lowest BCUT2D eigenvalue weighted by molar-refractivity contribution is -0.171. The third-order valence-corrected chi connectivity index (χ3v) is 6.05. The lowest BCUT2D eigenvalue weighted by atomic mass is 9.73. The van der Waals surface area contributed by atoms with E-state index >= 15 is 0 Å². The number of aryl methyl sites for hydroxylation is 1. The van der Waals surface area contributed by atoms with Crippen LogP contribution in [0.25, 0.3) is 0 Å². The fourth-order valence-corrected chi connectivity index (χ4v) is 4.74. The van der Waals surface area contributed by atoms with Gasteiger partial charge in [0.25, 0.3) is 0 Å². The number of hydrogen-bond donors (Lipinski definition) is 0. The quantitative estimate of drug-likeness (QED) is 0.578. The minimum atomic E-state index is -1.31. The first-order valence-electron chi connectivity index (χ1n) is 9.26. The maximum absolute atomic E-state index is 12.9. The molecule has 3 rings (SSSR count). The highest BCUT2D eigenvalue weighted by molar-refractivity contribution is 6.30. The molecule has 1 atom stereocenters. The Hall–Kier alpha value is -1.75. The summed E-state index contributed by atoms with van der Waals surface area (Å²) in [4.78, 5) is 28.1. The molecule has 0 spiro atoms. The molecule has 1 fully saturated rings. The van der Waals surface area contributed by atoms with Gasteiger partial charge in [0.1, 0.15) is 0 Å². The third kappa shape index (κ3) is 3.18. The molecular weight excluding hydrogens is 354 g/mol. The number of methoxy groups -OCH3 is 2. The lowest BCUT2D eigenvalue weighted by Gasteiger charge is -2.43. The second-order valence-corrected chi connectivity index (χ2v) is 7.58. The highest BCUT2D eigenvalue weighted by Gasteiger charge is 2.57. The van der Waals surface area contributed by atoms with Crippen molar-refractivity contribution in [3.8, 4) is 0 Å². The van der Waals surface area contributed by atoms with E-state index in [0.717, 1.165) is 49.9 Å². The van der Waals surface area contributed by atoms with Crippen LogP contribution in [0.3, 0.4) is 0 Å². The Bertz CT molecular complexity index is 674. The molecule has 1 aromatic carbocycles. The van der Waals surface area contributed by atoms with Crippen LogP contribution in [-0.2, 0) is 25.5 Å². The topological polar surface area (TPSA) is 55.8 Å². The number of fused-ring (bicyclic) bond motifs is 3. The molecular formula is C20H26ClNO4. The molecule has 5 nitrogen and oxygen atoms in total. The average molecular weight is 380 g/mol. The van der Waals surface area contributed by atoms with Gasteiger partial charge in [-0.25, -0.2) is 0 Å². The zero-order chi connectivity index (χ0) is 18.7. The fourth-order valence-electron chi connectivity index (χ4n) is 4.54. The van der Waals surface area contributed by atoms with Gasteiger partial charge in [0.05, 0.1) is 20.3 Å². The van der Waals surface area contributed by atoms with Crippen molar-refractivity contribution in [3.05, 3.63) is 28.8 Å². The molecule has 2 heterocycles. The molecule has 2 aliphatic rings. The predicted molar refractivity (Wildman–Crippen MR) is 100 cm³/mol. The SMILES string of the molecule is COC(=O)C1(C(=O)OC)CCc2cc(Cl)ccc2N2CCCCCCC21. The summed E-state index contributed by atoms with van der Waals surface area (Å²) in [7, 11) is 2.68. The minimum absolute atomic E-state index is 0.273. The molecule has 6 heteroatoms. The Balaban J connectivity index is 2.17. The van der Waals surface area contributed by atoms with Crippen molar-refractivity contribution in [2.45, 2.75) is 51.0 Å². The van der Waals surface area contributed by atoms with E-state index in [1.165, 1.54) is 14.2 Å². The van der Waals surface area contributed by atoms with Gasteiger partial charge in [0, 0.05) is 17.3 Å². The fraction of sp³-hybridized carbons (Fsp3) is 0.600. The summed E-state index contributed by atoms with van der Waals surface area (Å²) in [6, 6.07) is 5.55. The summed E-state index contributed by atoms with van der Waals surface area (Å²) in [6.45, 7) is 0.801. The van der Waals surface area contributed by atoms with Crippen LogP contribution >= 0.6 is 11.6 Å². The molecule has 0 aromatic heterocycles. The molecule has 142 valence electrons. The van der Waals surface area contributed by atoms with Crippen LogP contribution in [0, 0.1) is 5.41 Å². The summed E-state index contributed by atoms with van der Waals surface area (Å²) >= 11 is 6.21. The smallest absolute Gasteiger partial charge is 0.325 e. The second kappa shape index (κ2) is 7.87. The number of rotatable bonds is 2. The highest BCUT2D eigenvalue weighted by Crippen LogP contribution is 2.45. The molecule has 0 saturated carbocycles. The van der Waals surface area contributed by atoms with Crippen LogP contribution in [0.1, 0.15) is 44.1 Å². The Morgan fingerprint density at radius 3 is 2.50 bits per heavy atom. The molecule has 1 unspecified atom stereocenters. The number of benzene rings is 1. The van der Waals surface area contributed by atoms with E-state index in [-0.39, 0.29) is 6.04 Å². The summed E-state index contributed by atoms with van der Waals surface area (Å²) < 4.78 is 10.2. The average Bonchev–Trinajstić information content (AvgIpc) is 2.75. The van der Waals surface area contributed by atoms with Crippen LogP contribution < -0.4 is 4.90 Å². The standard InChI is InChI=1S/C20H26ClNO4/c1-25-18(23)20(19(24)26-2)11-10-14-13-15(21)8-9-16(14)22-12-6-4-3-5-7-17(20)22/h8-9,13,17H,3-7,10-12H2,1-2H3. The van der Waals surface area contributed by atoms with Crippen LogP contribution in [0.5, 0.6) is 0 Å². The molecule has 1 aromatic rings. The molecule has 2 aliphatic heterocycles. The number of carbonyl (C=O) groups is 2. The first kappa shape index (κ1) is 19.0. The van der Waals surface area contributed by atoms with Gasteiger partial charge in [-0.2, -0.15) is 0 Å². The van der Waals surface area contributed by atoms with E-state index in [4.69, 9.17) is 21.1 Å². The first-order valence-corrected chi connectivity index (χ1v) is 9.64. The molecule has 0 radical (unpaired) electrons. The third-order valence-electron chi connectivity index (χ3n) is 5.81. The van der Waals surface area contributed by atoms with Gasteiger partial charge in [-0.05, 0) is 49.4 Å². The van der Waals surface area contributed by atoms with Crippen molar-refractivity contribution in [2.75, 3.05) is 25.7 Å². The van der Waals surface area contributed by atoms with Crippen molar-refractivity contribution in [1.82, 2.24) is 0 Å². The van der Waals surface area contributed by atoms with Crippen molar-refractivity contribution in [2.24, 2.45) is 5.41 Å². The molecule has 0 aliphatic carbocycles. The van der Waals surface area contributed by atoms with Crippen LogP contribution in [0.4, 0.5) is 5.69 Å². The molecule has 0 amide bonds. The van der Waals surface area contributed by atoms with Crippen LogP contribution in [-0.4, -0.2) is 38.7 Å². The number of nitrogens with zero attached hydrogens (tertiary/aromatic N) is 1. The first-order chi connectivity index (χ1) is 12.5. The number of carbonyl (C=O) groups excluding carboxylic acids is 2. The van der Waals surface area contributed by atoms with E-state index in [9.17, 15) is 9.59 Å². The van der Waals surface area contributed by atoms with Gasteiger partial charge in [-0.1, -0.05) is 30.9 Å². The largest absolute Gasteiger partial charge is 0.468 e. The Labute approximate surface area is 159 Å². The van der Waals surface area contributed by atoms with E-state index in [1.54, 1.807) is 0 Å². The summed E-state index contributed by atoms with van der Waals surface area (Å²) in [6.07, 6.45) is 5.95. The minimum Gasteiger partial charge on any atom is -0.468 e. The number of hydrogen-bond acceptors (Lipinski definition) is 5. The molecule has 0 N–H and O–H groups in total. The highest BCUT2D eigenvalue weighted by atomic mass is 35.5. The number of halogens is 1. The van der Waals surface area contributed by atoms with Crippen LogP contribution in [0.2, 0.25) is 5.02 Å². The van der Waals surface area contributed by atoms with Gasteiger partial charge in [-0.15, -0.1) is 0 Å². The maximum Gasteiger partial charge on any atom is 0.325 e. The zero-order valence-electron chi connectivity index (χ0n) is 15.4. The van der Waals surface area contributed by atoms with Crippen molar-refractivity contribution in [3.63, 3.8) is 0 Å². The summed E-state index contributed by atoms with van der Waals surface area (Å²) in [5, 5.41) is 0.663. The van der Waals surface area contributed by atoms with Gasteiger partial charge in [-0.3, -0.25) is 9.59 Å². The van der Waals surface area contributed by atoms with Gasteiger partial charge >= 0.3 is 11.9 Å². The van der Waals surface area contributed by atoms with Crippen molar-refractivity contribution >= 4 is 29.2 Å².